The average Bonchev–Trinajstić information content (AvgIpc) is 3.47. The van der Waals surface area contributed by atoms with Gasteiger partial charge in [0.25, 0.3) is 0 Å². The second-order valence-electron chi connectivity index (χ2n) is 16.7. The SMILES string of the molecule is CC=C(C)C1OC2(CC3CC(CC=C(C)C(OC(=O)C(C)C)C(C)C=CC=C4COC5C(OC)C(C)=CC(C(=O)O3)C45O)O2)C(O)C(OC(=O)C(C)C)C1C. The summed E-state index contributed by atoms with van der Waals surface area (Å²) in [5.74, 6) is -5.89. The topological polar surface area (TPSA) is 156 Å². The highest BCUT2D eigenvalue weighted by Gasteiger charge is 2.62. The Morgan fingerprint density at radius 1 is 1.00 bits per heavy atom. The molecular formula is C43H62O12. The lowest BCUT2D eigenvalue weighted by atomic mass is 9.70. The minimum absolute atomic E-state index is 0.0538. The summed E-state index contributed by atoms with van der Waals surface area (Å²) in [5.41, 5.74) is 1.03. The number of aliphatic hydroxyl groups is 2. The Morgan fingerprint density at radius 2 is 1.67 bits per heavy atom. The molecule has 0 aromatic heterocycles. The quantitative estimate of drug-likeness (QED) is 0.200. The van der Waals surface area contributed by atoms with Gasteiger partial charge < -0.3 is 43.4 Å². The molecule has 0 amide bonds. The molecule has 12 heteroatoms. The van der Waals surface area contributed by atoms with E-state index in [0.717, 1.165) is 16.7 Å². The summed E-state index contributed by atoms with van der Waals surface area (Å²) >= 11 is 0. The smallest absolute Gasteiger partial charge is 0.316 e. The first-order valence-electron chi connectivity index (χ1n) is 19.8. The summed E-state index contributed by atoms with van der Waals surface area (Å²) in [4.78, 5) is 40.5. The lowest BCUT2D eigenvalue weighted by Crippen LogP contribution is -2.67. The fourth-order valence-corrected chi connectivity index (χ4v) is 8.55. The van der Waals surface area contributed by atoms with Gasteiger partial charge in [0, 0.05) is 31.8 Å². The Bertz CT molecular complexity index is 1610. The highest BCUT2D eigenvalue weighted by molar-refractivity contribution is 5.78. The zero-order valence-corrected chi connectivity index (χ0v) is 34.3. The Labute approximate surface area is 325 Å². The first-order chi connectivity index (χ1) is 25.9. The summed E-state index contributed by atoms with van der Waals surface area (Å²) in [6, 6.07) is 0. The molecule has 4 aliphatic heterocycles. The third kappa shape index (κ3) is 8.46. The largest absolute Gasteiger partial charge is 0.462 e. The van der Waals surface area contributed by atoms with Gasteiger partial charge >= 0.3 is 17.9 Å². The molecule has 0 radical (unpaired) electrons. The van der Waals surface area contributed by atoms with Crippen LogP contribution in [0.5, 0.6) is 0 Å². The van der Waals surface area contributed by atoms with E-state index >= 15 is 0 Å². The van der Waals surface area contributed by atoms with Gasteiger partial charge in [0.05, 0.1) is 30.7 Å². The number of fused-ring (bicyclic) bond motifs is 2. The number of hydrogen-bond acceptors (Lipinski definition) is 12. The number of allylic oxidation sites excluding steroid dienone is 3. The van der Waals surface area contributed by atoms with Gasteiger partial charge in [0.15, 0.2) is 0 Å². The van der Waals surface area contributed by atoms with Crippen LogP contribution in [0.1, 0.15) is 88.5 Å². The zero-order valence-electron chi connectivity index (χ0n) is 34.3. The number of methoxy groups -OCH3 is 1. The molecule has 0 saturated carbocycles. The first-order valence-corrected chi connectivity index (χ1v) is 19.8. The van der Waals surface area contributed by atoms with Gasteiger partial charge in [-0.3, -0.25) is 14.4 Å². The van der Waals surface area contributed by atoms with E-state index in [1.807, 2.05) is 59.8 Å². The van der Waals surface area contributed by atoms with Gasteiger partial charge in [-0.2, -0.15) is 0 Å². The van der Waals surface area contributed by atoms with Crippen LogP contribution in [0.15, 0.2) is 58.7 Å². The van der Waals surface area contributed by atoms with E-state index in [4.69, 9.17) is 33.2 Å². The van der Waals surface area contributed by atoms with Crippen LogP contribution in [-0.4, -0.2) is 102 Å². The minimum atomic E-state index is -1.80. The second kappa shape index (κ2) is 17.2. The molecule has 0 aromatic rings. The van der Waals surface area contributed by atoms with E-state index in [0.29, 0.717) is 12.0 Å². The standard InChI is InChI=1S/C43H62O12/c1-12-24(6)34-28(10)36(53-40(46)23(4)5)37(44)42(55-34)20-31-19-30(54-42)17-16-26(8)33(52-39(45)22(2)3)25(7)14-13-15-29-21-50-38-35(49-11)27(9)18-32(41(47)51-31)43(29,38)48/h12-16,18,22-23,25,28,30-38,44,48H,17,19-21H2,1-11H3. The van der Waals surface area contributed by atoms with E-state index in [1.54, 1.807) is 45.9 Å². The molecule has 0 aromatic carbocycles. The molecule has 5 rings (SSSR count). The van der Waals surface area contributed by atoms with E-state index in [9.17, 15) is 24.6 Å². The summed E-state index contributed by atoms with van der Waals surface area (Å²) in [6.07, 6.45) is 4.79. The van der Waals surface area contributed by atoms with Crippen molar-refractivity contribution < 1.29 is 57.8 Å². The Balaban J connectivity index is 1.64. The van der Waals surface area contributed by atoms with Crippen molar-refractivity contribution in [1.29, 1.82) is 0 Å². The van der Waals surface area contributed by atoms with Gasteiger partial charge in [-0.05, 0) is 56.4 Å². The maximum atomic E-state index is 14.5. The van der Waals surface area contributed by atoms with Crippen LogP contribution in [0.3, 0.4) is 0 Å². The van der Waals surface area contributed by atoms with Gasteiger partial charge in [-0.15, -0.1) is 0 Å². The zero-order chi connectivity index (χ0) is 40.6. The first kappa shape index (κ1) is 43.0. The maximum Gasteiger partial charge on any atom is 0.316 e. The number of esters is 3. The van der Waals surface area contributed by atoms with Gasteiger partial charge in [0.2, 0.25) is 5.79 Å². The number of rotatable bonds is 6. The molecule has 2 N–H and O–H groups in total. The van der Waals surface area contributed by atoms with Crippen LogP contribution in [-0.2, 0) is 47.5 Å². The highest BCUT2D eigenvalue weighted by atomic mass is 16.7. The van der Waals surface area contributed by atoms with Crippen molar-refractivity contribution in [2.75, 3.05) is 13.7 Å². The van der Waals surface area contributed by atoms with Crippen LogP contribution in [0.2, 0.25) is 0 Å². The Hall–Kier alpha value is -3.13. The number of carbonyl (C=O) groups is 3. The summed E-state index contributed by atoms with van der Waals surface area (Å²) in [5, 5.41) is 24.8. The molecule has 5 aliphatic rings. The normalized spacial score (nSPS) is 39.9. The summed E-state index contributed by atoms with van der Waals surface area (Å²) in [6.45, 7) is 18.4. The van der Waals surface area contributed by atoms with E-state index in [2.05, 4.69) is 0 Å². The maximum absolute atomic E-state index is 14.5. The fraction of sp³-hybridized carbons (Fsp3) is 0.698. The lowest BCUT2D eigenvalue weighted by Gasteiger charge is -2.54. The van der Waals surface area contributed by atoms with Crippen LogP contribution in [0.25, 0.3) is 0 Å². The molecule has 55 heavy (non-hydrogen) atoms. The van der Waals surface area contributed by atoms with Crippen LogP contribution >= 0.6 is 0 Å². The lowest BCUT2D eigenvalue weighted by molar-refractivity contribution is -0.380. The number of ether oxygens (including phenoxy) is 7. The third-order valence-electron chi connectivity index (χ3n) is 12.0. The van der Waals surface area contributed by atoms with Gasteiger partial charge in [-0.25, -0.2) is 0 Å². The molecule has 1 aliphatic carbocycles. The molecule has 13 atom stereocenters. The summed E-state index contributed by atoms with van der Waals surface area (Å²) < 4.78 is 43.9. The minimum Gasteiger partial charge on any atom is -0.462 e. The van der Waals surface area contributed by atoms with Crippen molar-refractivity contribution >= 4 is 17.9 Å². The van der Waals surface area contributed by atoms with Gasteiger partial charge in [0.1, 0.15) is 48.1 Å². The van der Waals surface area contributed by atoms with Crippen LogP contribution in [0.4, 0.5) is 0 Å². The number of aliphatic hydroxyl groups excluding tert-OH is 1. The van der Waals surface area contributed by atoms with Crippen molar-refractivity contribution in [3.63, 3.8) is 0 Å². The highest BCUT2D eigenvalue weighted by Crippen LogP contribution is 2.49. The van der Waals surface area contributed by atoms with E-state index in [1.165, 1.54) is 7.11 Å². The molecule has 13 unspecified atom stereocenters. The molecule has 306 valence electrons. The predicted octanol–water partition coefficient (Wildman–Crippen LogP) is 5.46. The van der Waals surface area contributed by atoms with Crippen molar-refractivity contribution in [3.8, 4) is 0 Å². The van der Waals surface area contributed by atoms with Gasteiger partial charge in [-0.1, -0.05) is 78.0 Å². The molecular weight excluding hydrogens is 708 g/mol. The predicted molar refractivity (Wildman–Crippen MR) is 203 cm³/mol. The van der Waals surface area contributed by atoms with Crippen molar-refractivity contribution in [2.45, 2.75) is 149 Å². The van der Waals surface area contributed by atoms with Crippen LogP contribution < -0.4 is 0 Å². The molecule has 4 heterocycles. The van der Waals surface area contributed by atoms with Crippen LogP contribution in [0, 0.1) is 29.6 Å². The van der Waals surface area contributed by atoms with Crippen molar-refractivity contribution in [2.24, 2.45) is 29.6 Å². The van der Waals surface area contributed by atoms with Crippen molar-refractivity contribution in [3.05, 3.63) is 58.7 Å². The molecule has 12 nitrogen and oxygen atoms in total. The number of carbonyl (C=O) groups excluding carboxylic acids is 3. The Morgan fingerprint density at radius 3 is 2.31 bits per heavy atom. The fourth-order valence-electron chi connectivity index (χ4n) is 8.55. The molecule has 3 fully saturated rings. The summed E-state index contributed by atoms with van der Waals surface area (Å²) in [7, 11) is 1.53. The monoisotopic (exact) mass is 770 g/mol. The van der Waals surface area contributed by atoms with E-state index < -0.39 is 89.9 Å². The second-order valence-corrected chi connectivity index (χ2v) is 16.7. The molecule has 1 spiro atoms. The Kier molecular flexibility index (Phi) is 13.4. The molecule has 3 saturated heterocycles. The number of hydrogen-bond donors (Lipinski definition) is 2. The van der Waals surface area contributed by atoms with E-state index in [-0.39, 0.29) is 37.3 Å². The third-order valence-corrected chi connectivity index (χ3v) is 12.0. The average molecular weight is 771 g/mol. The molecule has 2 bridgehead atoms. The van der Waals surface area contributed by atoms with Crippen molar-refractivity contribution in [1.82, 2.24) is 0 Å².